The molecule has 0 fully saturated rings. The molecular weight excluding hydrogens is 269 g/mol. The van der Waals surface area contributed by atoms with Crippen LogP contribution < -0.4 is 0 Å². The maximum Gasteiger partial charge on any atom is 0.348 e. The summed E-state index contributed by atoms with van der Waals surface area (Å²) in [6.07, 6.45) is 0.124. The lowest BCUT2D eigenvalue weighted by Crippen LogP contribution is -2.39. The number of carboxylic acid groups (broad SMARTS) is 2. The summed E-state index contributed by atoms with van der Waals surface area (Å²) >= 11 is 0. The molecule has 104 valence electrons. The number of rotatable bonds is 8. The third kappa shape index (κ3) is 7.93. The van der Waals surface area contributed by atoms with Gasteiger partial charge in [-0.15, -0.1) is 0 Å². The summed E-state index contributed by atoms with van der Waals surface area (Å²) in [6.45, 7) is -0.443. The number of nitrogens with zero attached hydrogens (tertiary/aromatic N) is 1. The van der Waals surface area contributed by atoms with Crippen molar-refractivity contribution in [2.75, 3.05) is 6.54 Å². The molecule has 0 rings (SSSR count). The van der Waals surface area contributed by atoms with E-state index in [4.69, 9.17) is 20.0 Å². The summed E-state index contributed by atoms with van der Waals surface area (Å²) in [4.78, 5) is 38.0. The lowest BCUT2D eigenvalue weighted by Gasteiger charge is -2.20. The molecule has 9 nitrogen and oxygen atoms in total. The van der Waals surface area contributed by atoms with Crippen molar-refractivity contribution >= 4 is 19.5 Å². The van der Waals surface area contributed by atoms with E-state index in [1.165, 1.54) is 0 Å². The highest BCUT2D eigenvalue weighted by atomic mass is 31.2. The monoisotopic (exact) mass is 283 g/mol. The Labute approximate surface area is 102 Å². The van der Waals surface area contributed by atoms with E-state index in [9.17, 15) is 19.4 Å². The van der Waals surface area contributed by atoms with Gasteiger partial charge in [-0.3, -0.25) is 14.2 Å². The minimum absolute atomic E-state index is 0.303. The van der Waals surface area contributed by atoms with Crippen LogP contribution in [0.1, 0.15) is 12.8 Å². The van der Waals surface area contributed by atoms with Crippen molar-refractivity contribution in [2.24, 2.45) is 0 Å². The van der Waals surface area contributed by atoms with E-state index < -0.39 is 38.5 Å². The van der Waals surface area contributed by atoms with Gasteiger partial charge in [0, 0.05) is 18.8 Å². The summed E-state index contributed by atoms with van der Waals surface area (Å²) in [5.41, 5.74) is 0. The zero-order chi connectivity index (χ0) is 14.3. The first-order valence-electron chi connectivity index (χ1n) is 4.76. The van der Waals surface area contributed by atoms with Gasteiger partial charge in [-0.25, -0.2) is 0 Å². The molecular formula is C8H14NO8P. The maximum absolute atomic E-state index is 10.7. The summed E-state index contributed by atoms with van der Waals surface area (Å²) in [6, 6.07) is -1.46. The third-order valence-corrected chi connectivity index (χ3v) is 2.47. The second-order valence-electron chi connectivity index (χ2n) is 3.38. The molecule has 10 heteroatoms. The van der Waals surface area contributed by atoms with Gasteiger partial charge in [0.15, 0.2) is 0 Å². The topological polar surface area (TPSA) is 156 Å². The second kappa shape index (κ2) is 7.24. The van der Waals surface area contributed by atoms with E-state index in [1.807, 2.05) is 0 Å². The lowest BCUT2D eigenvalue weighted by molar-refractivity contribution is -0.168. The second-order valence-corrected chi connectivity index (χ2v) is 4.86. The van der Waals surface area contributed by atoms with Crippen LogP contribution in [0.15, 0.2) is 11.9 Å². The van der Waals surface area contributed by atoms with Gasteiger partial charge in [-0.05, 0) is 6.42 Å². The Balaban J connectivity index is 4.44. The normalized spacial score (nSPS) is 14.0. The zero-order valence-corrected chi connectivity index (χ0v) is 10.1. The average molecular weight is 283 g/mol. The molecule has 0 aliphatic rings. The highest BCUT2D eigenvalue weighted by Gasteiger charge is 2.24. The molecule has 0 aliphatic carbocycles. The van der Waals surface area contributed by atoms with E-state index in [-0.39, 0.29) is 6.42 Å². The molecule has 5 N–H and O–H groups in total. The number of hydrogen-bond donors (Lipinski definition) is 5. The smallest absolute Gasteiger partial charge is 0.348 e. The van der Waals surface area contributed by atoms with Crippen LogP contribution in [0.4, 0.5) is 0 Å². The van der Waals surface area contributed by atoms with Crippen LogP contribution in [0.3, 0.4) is 0 Å². The molecule has 0 spiro atoms. The van der Waals surface area contributed by atoms with Gasteiger partial charge in [0.2, 0.25) is 0 Å². The highest BCUT2D eigenvalue weighted by Crippen LogP contribution is 2.35. The fraction of sp³-hybridized carbons (Fsp3) is 0.500. The van der Waals surface area contributed by atoms with Crippen LogP contribution >= 0.6 is 7.60 Å². The molecule has 0 saturated heterocycles. The van der Waals surface area contributed by atoms with Crippen molar-refractivity contribution in [3.63, 3.8) is 0 Å². The number of hydroxylamine groups is 2. The van der Waals surface area contributed by atoms with Crippen LogP contribution in [0, 0.1) is 0 Å². The SMILES string of the molecule is O=C(O)CC[C@@H](C(=O)O)N(O)CC=CP(=O)(O)O. The number of carbonyl (C=O) groups is 2. The van der Waals surface area contributed by atoms with E-state index in [2.05, 4.69) is 0 Å². The van der Waals surface area contributed by atoms with Crippen molar-refractivity contribution < 1.29 is 39.4 Å². The molecule has 0 aromatic carbocycles. The summed E-state index contributed by atoms with van der Waals surface area (Å²) in [5.74, 6) is -2.12. The first-order valence-corrected chi connectivity index (χ1v) is 6.44. The van der Waals surface area contributed by atoms with Crippen molar-refractivity contribution in [1.29, 1.82) is 0 Å². The van der Waals surface area contributed by atoms with E-state index in [0.717, 1.165) is 6.08 Å². The molecule has 0 radical (unpaired) electrons. The Morgan fingerprint density at radius 2 is 1.83 bits per heavy atom. The van der Waals surface area contributed by atoms with Gasteiger partial charge in [0.25, 0.3) is 0 Å². The predicted octanol–water partition coefficient (Wildman–Crippen LogP) is -0.313. The quantitative estimate of drug-likeness (QED) is 0.297. The Morgan fingerprint density at radius 1 is 1.28 bits per heavy atom. The Hall–Kier alpha value is -1.25. The number of aliphatic carboxylic acids is 2. The molecule has 0 unspecified atom stereocenters. The van der Waals surface area contributed by atoms with Gasteiger partial charge in [-0.1, -0.05) is 6.08 Å². The summed E-state index contributed by atoms with van der Waals surface area (Å²) < 4.78 is 10.4. The van der Waals surface area contributed by atoms with E-state index >= 15 is 0 Å². The van der Waals surface area contributed by atoms with Crippen molar-refractivity contribution in [3.05, 3.63) is 11.9 Å². The molecule has 1 atom stereocenters. The van der Waals surface area contributed by atoms with Crippen molar-refractivity contribution in [2.45, 2.75) is 18.9 Å². The lowest BCUT2D eigenvalue weighted by atomic mass is 10.1. The molecule has 0 saturated carbocycles. The summed E-state index contributed by atoms with van der Waals surface area (Å²) in [5, 5.41) is 26.8. The molecule has 0 aromatic heterocycles. The minimum atomic E-state index is -4.37. The van der Waals surface area contributed by atoms with Crippen LogP contribution in [0.5, 0.6) is 0 Å². The Kier molecular flexibility index (Phi) is 6.74. The van der Waals surface area contributed by atoms with E-state index in [1.54, 1.807) is 0 Å². The van der Waals surface area contributed by atoms with Gasteiger partial charge in [0.1, 0.15) is 6.04 Å². The van der Waals surface area contributed by atoms with Crippen LogP contribution in [0.2, 0.25) is 0 Å². The maximum atomic E-state index is 10.7. The predicted molar refractivity (Wildman–Crippen MR) is 58.0 cm³/mol. The fourth-order valence-electron chi connectivity index (χ4n) is 1.08. The van der Waals surface area contributed by atoms with Gasteiger partial charge in [0.05, 0.1) is 0 Å². The number of hydrogen-bond acceptors (Lipinski definition) is 5. The first kappa shape index (κ1) is 16.8. The fourth-order valence-corrected chi connectivity index (χ4v) is 1.45. The molecule has 0 aromatic rings. The van der Waals surface area contributed by atoms with Crippen LogP contribution in [-0.2, 0) is 14.2 Å². The van der Waals surface area contributed by atoms with Crippen molar-refractivity contribution in [1.82, 2.24) is 5.06 Å². The highest BCUT2D eigenvalue weighted by molar-refractivity contribution is 7.55. The van der Waals surface area contributed by atoms with Gasteiger partial charge < -0.3 is 25.2 Å². The Bertz CT molecular complexity index is 375. The van der Waals surface area contributed by atoms with Gasteiger partial charge >= 0.3 is 19.5 Å². The molecule has 0 amide bonds. The number of carboxylic acids is 2. The van der Waals surface area contributed by atoms with Gasteiger partial charge in [-0.2, -0.15) is 5.06 Å². The zero-order valence-electron chi connectivity index (χ0n) is 9.21. The molecule has 18 heavy (non-hydrogen) atoms. The van der Waals surface area contributed by atoms with Crippen LogP contribution in [0.25, 0.3) is 0 Å². The average Bonchev–Trinajstić information content (AvgIpc) is 2.14. The standard InChI is InChI=1S/C8H14NO8P/c10-7(11)3-2-6(8(12)13)9(14)4-1-5-18(15,16)17/h1,5-6,14H,2-4H2,(H,10,11)(H,12,13)(H2,15,16,17)/t6-/m0/s1. The van der Waals surface area contributed by atoms with Crippen molar-refractivity contribution in [3.8, 4) is 0 Å². The minimum Gasteiger partial charge on any atom is -0.481 e. The third-order valence-electron chi connectivity index (χ3n) is 1.87. The molecule has 0 heterocycles. The van der Waals surface area contributed by atoms with E-state index in [0.29, 0.717) is 10.9 Å². The first-order chi connectivity index (χ1) is 8.13. The largest absolute Gasteiger partial charge is 0.481 e. The molecule has 0 bridgehead atoms. The molecule has 0 aliphatic heterocycles. The Morgan fingerprint density at radius 3 is 2.22 bits per heavy atom. The van der Waals surface area contributed by atoms with Crippen LogP contribution in [-0.4, -0.2) is 54.8 Å². The summed E-state index contributed by atoms with van der Waals surface area (Å²) in [7, 11) is -4.37.